The Balaban J connectivity index is 1.34. The summed E-state index contributed by atoms with van der Waals surface area (Å²) in [4.78, 5) is 28.7. The van der Waals surface area contributed by atoms with Crippen LogP contribution in [0, 0.1) is 37.0 Å². The number of nitrogens with zero attached hydrogens (tertiary/aromatic N) is 1. The third kappa shape index (κ3) is 3.05. The molecule has 1 heterocycles. The number of aryl methyl sites for hydroxylation is 2. The van der Waals surface area contributed by atoms with Crippen LogP contribution in [-0.2, 0) is 9.59 Å². The molecule has 5 aliphatic rings. The van der Waals surface area contributed by atoms with E-state index in [1.54, 1.807) is 0 Å². The molecule has 4 nitrogen and oxygen atoms in total. The molecule has 1 aliphatic heterocycles. The maximum Gasteiger partial charge on any atom is 0.247 e. The van der Waals surface area contributed by atoms with Crippen LogP contribution in [-0.4, -0.2) is 29.3 Å². The van der Waals surface area contributed by atoms with E-state index >= 15 is 0 Å². The van der Waals surface area contributed by atoms with Crippen molar-refractivity contribution in [2.24, 2.45) is 23.2 Å². The average Bonchev–Trinajstić information content (AvgIpc) is 3.08. The number of anilines is 1. The molecule has 4 aliphatic carbocycles. The first kappa shape index (κ1) is 18.2. The van der Waals surface area contributed by atoms with Crippen molar-refractivity contribution in [3.8, 4) is 0 Å². The van der Waals surface area contributed by atoms with Crippen LogP contribution >= 0.6 is 0 Å². The molecule has 1 N–H and O–H groups in total. The second-order valence-electron chi connectivity index (χ2n) is 10.2. The number of amides is 2. The van der Waals surface area contributed by atoms with Gasteiger partial charge in [-0.15, -0.1) is 0 Å². The minimum atomic E-state index is -0.304. The number of benzene rings is 1. The molecule has 1 aromatic rings. The number of nitrogens with one attached hydrogen (secondary N) is 1. The molecule has 1 aromatic carbocycles. The van der Waals surface area contributed by atoms with Crippen molar-refractivity contribution < 1.29 is 9.59 Å². The molecule has 28 heavy (non-hydrogen) atoms. The van der Waals surface area contributed by atoms with Gasteiger partial charge >= 0.3 is 0 Å². The monoisotopic (exact) mass is 380 g/mol. The Bertz CT molecular complexity index is 759. The molecule has 1 saturated heterocycles. The summed E-state index contributed by atoms with van der Waals surface area (Å²) in [5, 5.41) is 3.09. The average molecular weight is 381 g/mol. The van der Waals surface area contributed by atoms with Crippen LogP contribution in [0.25, 0.3) is 0 Å². The highest BCUT2D eigenvalue weighted by Crippen LogP contribution is 2.60. The van der Waals surface area contributed by atoms with Crippen LogP contribution in [0.3, 0.4) is 0 Å². The van der Waals surface area contributed by atoms with E-state index in [1.807, 2.05) is 30.9 Å². The lowest BCUT2D eigenvalue weighted by atomic mass is 9.49. The van der Waals surface area contributed by atoms with Gasteiger partial charge < -0.3 is 10.2 Å². The van der Waals surface area contributed by atoms with E-state index < -0.39 is 0 Å². The maximum atomic E-state index is 13.7. The van der Waals surface area contributed by atoms with Crippen LogP contribution in [0.2, 0.25) is 0 Å². The molecule has 150 valence electrons. The second kappa shape index (κ2) is 6.60. The second-order valence-corrected chi connectivity index (χ2v) is 10.2. The Hall–Kier alpha value is -1.84. The fourth-order valence-electron chi connectivity index (χ4n) is 7.23. The summed E-state index contributed by atoms with van der Waals surface area (Å²) < 4.78 is 0. The van der Waals surface area contributed by atoms with Gasteiger partial charge in [-0.05, 0) is 106 Å². The van der Waals surface area contributed by atoms with Crippen LogP contribution < -0.4 is 5.32 Å². The highest BCUT2D eigenvalue weighted by molar-refractivity contribution is 5.98. The molecule has 4 bridgehead atoms. The molecular weight excluding hydrogens is 348 g/mol. The largest absolute Gasteiger partial charge is 0.330 e. The number of carbonyl (C=O) groups excluding carboxylic acids is 2. The fraction of sp³-hybridized carbons (Fsp3) is 0.667. The Morgan fingerprint density at radius 3 is 2.11 bits per heavy atom. The van der Waals surface area contributed by atoms with E-state index in [-0.39, 0.29) is 17.4 Å². The third-order valence-corrected chi connectivity index (χ3v) is 7.80. The zero-order valence-corrected chi connectivity index (χ0v) is 17.2. The number of carbonyl (C=O) groups is 2. The Morgan fingerprint density at radius 1 is 0.964 bits per heavy atom. The van der Waals surface area contributed by atoms with Gasteiger partial charge in [-0.25, -0.2) is 0 Å². The quantitative estimate of drug-likeness (QED) is 0.842. The third-order valence-electron chi connectivity index (χ3n) is 7.80. The van der Waals surface area contributed by atoms with Crippen molar-refractivity contribution in [1.29, 1.82) is 0 Å². The highest BCUT2D eigenvalue weighted by atomic mass is 16.2. The normalized spacial score (nSPS) is 36.0. The van der Waals surface area contributed by atoms with E-state index in [0.29, 0.717) is 5.91 Å². The van der Waals surface area contributed by atoms with Crippen molar-refractivity contribution in [2.45, 2.75) is 71.3 Å². The lowest BCUT2D eigenvalue weighted by molar-refractivity contribution is -0.160. The van der Waals surface area contributed by atoms with Crippen molar-refractivity contribution in [2.75, 3.05) is 11.9 Å². The SMILES string of the molecule is Cc1cc(C)cc(NC(=O)[C@@H]2CCCN2C(=O)C23CC4CC(CC(C4)C2)C3)c1. The molecule has 0 aromatic heterocycles. The van der Waals surface area contributed by atoms with Crippen LogP contribution in [0.15, 0.2) is 18.2 Å². The summed E-state index contributed by atoms with van der Waals surface area (Å²) in [5.41, 5.74) is 2.97. The summed E-state index contributed by atoms with van der Waals surface area (Å²) >= 11 is 0. The first-order valence-corrected chi connectivity index (χ1v) is 11.1. The van der Waals surface area contributed by atoms with E-state index in [9.17, 15) is 9.59 Å². The summed E-state index contributed by atoms with van der Waals surface area (Å²) in [6.07, 6.45) is 8.94. The van der Waals surface area contributed by atoms with Gasteiger partial charge in [0.25, 0.3) is 0 Å². The van der Waals surface area contributed by atoms with Crippen molar-refractivity contribution in [3.05, 3.63) is 29.3 Å². The molecule has 0 radical (unpaired) electrons. The van der Waals surface area contributed by atoms with E-state index in [1.165, 1.54) is 19.3 Å². The molecular formula is C24H32N2O2. The van der Waals surface area contributed by atoms with Gasteiger partial charge in [0.2, 0.25) is 11.8 Å². The molecule has 1 atom stereocenters. The fourth-order valence-corrected chi connectivity index (χ4v) is 7.23. The zero-order valence-electron chi connectivity index (χ0n) is 17.2. The van der Waals surface area contributed by atoms with E-state index in [4.69, 9.17) is 0 Å². The topological polar surface area (TPSA) is 49.4 Å². The van der Waals surface area contributed by atoms with Crippen molar-refractivity contribution in [1.82, 2.24) is 4.90 Å². The first-order chi connectivity index (χ1) is 13.4. The Labute approximate surface area is 168 Å². The molecule has 6 rings (SSSR count). The minimum absolute atomic E-state index is 0.0134. The van der Waals surface area contributed by atoms with Gasteiger partial charge in [-0.1, -0.05) is 6.07 Å². The Morgan fingerprint density at radius 2 is 1.54 bits per heavy atom. The standard InChI is InChI=1S/C24H32N2O2/c1-15-6-16(2)8-20(7-15)25-22(27)21-4-3-5-26(21)23(28)24-12-17-9-18(13-24)11-19(10-17)14-24/h6-8,17-19,21H,3-5,9-14H2,1-2H3,(H,25,27)/t17?,18?,19?,21-,24?/m0/s1. The van der Waals surface area contributed by atoms with E-state index in [0.717, 1.165) is 73.2 Å². The summed E-state index contributed by atoms with van der Waals surface area (Å²) in [6.45, 7) is 4.83. The first-order valence-electron chi connectivity index (χ1n) is 11.1. The Kier molecular flexibility index (Phi) is 4.29. The van der Waals surface area contributed by atoms with Crippen LogP contribution in [0.1, 0.15) is 62.5 Å². The van der Waals surface area contributed by atoms with Crippen molar-refractivity contribution in [3.63, 3.8) is 0 Å². The van der Waals surface area contributed by atoms with Gasteiger partial charge in [0.15, 0.2) is 0 Å². The summed E-state index contributed by atoms with van der Waals surface area (Å²) in [6, 6.07) is 5.81. The molecule has 2 amide bonds. The zero-order chi connectivity index (χ0) is 19.5. The molecule has 0 spiro atoms. The maximum absolute atomic E-state index is 13.7. The number of likely N-dealkylation sites (tertiary alicyclic amines) is 1. The van der Waals surface area contributed by atoms with Gasteiger partial charge in [0, 0.05) is 12.2 Å². The summed E-state index contributed by atoms with van der Waals surface area (Å²) in [7, 11) is 0. The van der Waals surface area contributed by atoms with Crippen LogP contribution in [0.4, 0.5) is 5.69 Å². The summed E-state index contributed by atoms with van der Waals surface area (Å²) in [5.74, 6) is 2.53. The minimum Gasteiger partial charge on any atom is -0.330 e. The number of hydrogen-bond acceptors (Lipinski definition) is 2. The van der Waals surface area contributed by atoms with Gasteiger partial charge in [0.05, 0.1) is 5.41 Å². The highest BCUT2D eigenvalue weighted by Gasteiger charge is 2.56. The molecule has 4 heteroatoms. The predicted molar refractivity (Wildman–Crippen MR) is 110 cm³/mol. The molecule has 4 saturated carbocycles. The van der Waals surface area contributed by atoms with Crippen LogP contribution in [0.5, 0.6) is 0 Å². The number of hydrogen-bond donors (Lipinski definition) is 1. The van der Waals surface area contributed by atoms with Gasteiger partial charge in [-0.2, -0.15) is 0 Å². The lowest BCUT2D eigenvalue weighted by Gasteiger charge is -2.56. The molecule has 5 fully saturated rings. The van der Waals surface area contributed by atoms with Crippen molar-refractivity contribution >= 4 is 17.5 Å². The van der Waals surface area contributed by atoms with E-state index in [2.05, 4.69) is 11.4 Å². The van der Waals surface area contributed by atoms with Gasteiger partial charge in [0.1, 0.15) is 6.04 Å². The predicted octanol–water partition coefficient (Wildman–Crippen LogP) is 4.45. The smallest absolute Gasteiger partial charge is 0.247 e. The number of rotatable bonds is 3. The lowest BCUT2D eigenvalue weighted by Crippen LogP contribution is -2.56. The van der Waals surface area contributed by atoms with Gasteiger partial charge in [-0.3, -0.25) is 9.59 Å². The molecule has 0 unspecified atom stereocenters.